The van der Waals surface area contributed by atoms with E-state index in [4.69, 9.17) is 9.47 Å². The number of aromatic nitrogens is 2. The monoisotopic (exact) mass is 354 g/mol. The van der Waals surface area contributed by atoms with E-state index in [1.165, 1.54) is 13.2 Å². The summed E-state index contributed by atoms with van der Waals surface area (Å²) < 4.78 is 10.6. The van der Waals surface area contributed by atoms with Crippen LogP contribution in [0, 0.1) is 0 Å². The van der Waals surface area contributed by atoms with Crippen LogP contribution in [0.4, 0.5) is 0 Å². The molecule has 26 heavy (non-hydrogen) atoms. The van der Waals surface area contributed by atoms with Gasteiger partial charge < -0.3 is 9.47 Å². The highest BCUT2D eigenvalue weighted by atomic mass is 16.5. The third kappa shape index (κ3) is 3.44. The van der Waals surface area contributed by atoms with Gasteiger partial charge >= 0.3 is 0 Å². The third-order valence-electron chi connectivity index (χ3n) is 3.70. The molecule has 1 heterocycles. The van der Waals surface area contributed by atoms with Gasteiger partial charge in [-0.05, 0) is 31.2 Å². The fourth-order valence-electron chi connectivity index (χ4n) is 2.47. The first-order valence-electron chi connectivity index (χ1n) is 7.98. The van der Waals surface area contributed by atoms with Crippen LogP contribution in [-0.2, 0) is 0 Å². The molecule has 8 nitrogen and oxygen atoms in total. The van der Waals surface area contributed by atoms with E-state index in [1.807, 2.05) is 19.1 Å². The number of hydrogen-bond acceptors (Lipinski definition) is 5. The number of ether oxygens (including phenoxy) is 2. The molecule has 0 radical (unpaired) electrons. The SMILES string of the molecule is CCOc1ccc(C(=O)NNC(=O)c2n[nH]c3ccccc23)cc1OC. The van der Waals surface area contributed by atoms with Crippen LogP contribution >= 0.6 is 0 Å². The molecule has 3 N–H and O–H groups in total. The molecule has 3 aromatic rings. The summed E-state index contributed by atoms with van der Waals surface area (Å²) in [5.41, 5.74) is 5.98. The van der Waals surface area contributed by atoms with Gasteiger partial charge in [-0.3, -0.25) is 25.5 Å². The van der Waals surface area contributed by atoms with Gasteiger partial charge in [-0.25, -0.2) is 0 Å². The number of nitrogens with zero attached hydrogens (tertiary/aromatic N) is 1. The Morgan fingerprint density at radius 1 is 1.08 bits per heavy atom. The first-order valence-corrected chi connectivity index (χ1v) is 7.98. The number of hydrazine groups is 1. The zero-order valence-corrected chi connectivity index (χ0v) is 14.3. The summed E-state index contributed by atoms with van der Waals surface area (Å²) in [4.78, 5) is 24.5. The van der Waals surface area contributed by atoms with Crippen molar-refractivity contribution in [1.29, 1.82) is 0 Å². The number of amides is 2. The van der Waals surface area contributed by atoms with Crippen molar-refractivity contribution in [2.45, 2.75) is 6.92 Å². The average Bonchev–Trinajstić information content (AvgIpc) is 3.10. The summed E-state index contributed by atoms with van der Waals surface area (Å²) in [7, 11) is 1.49. The van der Waals surface area contributed by atoms with Crippen LogP contribution in [0.15, 0.2) is 42.5 Å². The van der Waals surface area contributed by atoms with Crippen LogP contribution in [0.5, 0.6) is 11.5 Å². The van der Waals surface area contributed by atoms with Gasteiger partial charge in [0.1, 0.15) is 0 Å². The zero-order chi connectivity index (χ0) is 18.5. The van der Waals surface area contributed by atoms with Crippen molar-refractivity contribution in [3.63, 3.8) is 0 Å². The van der Waals surface area contributed by atoms with Gasteiger partial charge in [-0.2, -0.15) is 5.10 Å². The largest absolute Gasteiger partial charge is 0.493 e. The fourth-order valence-corrected chi connectivity index (χ4v) is 2.47. The van der Waals surface area contributed by atoms with Crippen LogP contribution in [0.3, 0.4) is 0 Å². The Morgan fingerprint density at radius 3 is 2.62 bits per heavy atom. The molecule has 1 aromatic heterocycles. The standard InChI is InChI=1S/C18H18N4O4/c1-3-26-14-9-8-11(10-15(14)25-2)17(23)21-22-18(24)16-12-6-4-5-7-13(12)19-20-16/h4-10H,3H2,1-2H3,(H,19,20)(H,21,23)(H,22,24). The Morgan fingerprint density at radius 2 is 1.85 bits per heavy atom. The second-order valence-corrected chi connectivity index (χ2v) is 5.32. The first kappa shape index (κ1) is 17.3. The van der Waals surface area contributed by atoms with E-state index in [1.54, 1.807) is 24.3 Å². The van der Waals surface area contributed by atoms with E-state index in [9.17, 15) is 9.59 Å². The zero-order valence-electron chi connectivity index (χ0n) is 14.3. The third-order valence-corrected chi connectivity index (χ3v) is 3.70. The predicted molar refractivity (Wildman–Crippen MR) is 95.2 cm³/mol. The maximum atomic E-state index is 12.3. The Kier molecular flexibility index (Phi) is 5.02. The molecule has 0 fully saturated rings. The Hall–Kier alpha value is -3.55. The van der Waals surface area contributed by atoms with E-state index in [0.717, 1.165) is 5.52 Å². The van der Waals surface area contributed by atoms with Crippen molar-refractivity contribution in [2.24, 2.45) is 0 Å². The molecular formula is C18H18N4O4. The molecule has 2 amide bonds. The summed E-state index contributed by atoms with van der Waals surface area (Å²) in [6, 6.07) is 12.0. The van der Waals surface area contributed by atoms with Crippen LogP contribution in [-0.4, -0.2) is 35.7 Å². The topological polar surface area (TPSA) is 105 Å². The van der Waals surface area contributed by atoms with E-state index in [0.29, 0.717) is 29.1 Å². The van der Waals surface area contributed by atoms with Gasteiger partial charge in [-0.15, -0.1) is 0 Å². The number of carbonyl (C=O) groups excluding carboxylic acids is 2. The van der Waals surface area contributed by atoms with Crippen LogP contribution in [0.1, 0.15) is 27.8 Å². The lowest BCUT2D eigenvalue weighted by atomic mass is 10.2. The van der Waals surface area contributed by atoms with Crippen LogP contribution in [0.25, 0.3) is 10.9 Å². The molecule has 134 valence electrons. The lowest BCUT2D eigenvalue weighted by molar-refractivity contribution is 0.0844. The van der Waals surface area contributed by atoms with Crippen LogP contribution < -0.4 is 20.3 Å². The quantitative estimate of drug-likeness (QED) is 0.608. The smallest absolute Gasteiger partial charge is 0.290 e. The van der Waals surface area contributed by atoms with Crippen LogP contribution in [0.2, 0.25) is 0 Å². The summed E-state index contributed by atoms with van der Waals surface area (Å²) in [5, 5.41) is 7.42. The average molecular weight is 354 g/mol. The molecule has 8 heteroatoms. The minimum atomic E-state index is -0.520. The lowest BCUT2D eigenvalue weighted by Crippen LogP contribution is -2.41. The number of aromatic amines is 1. The van der Waals surface area contributed by atoms with Crippen molar-refractivity contribution in [3.8, 4) is 11.5 Å². The van der Waals surface area contributed by atoms with Gasteiger partial charge in [0.2, 0.25) is 0 Å². The number of hydrogen-bond donors (Lipinski definition) is 3. The molecule has 2 aromatic carbocycles. The van der Waals surface area contributed by atoms with Crippen molar-refractivity contribution >= 4 is 22.7 Å². The molecule has 0 aliphatic carbocycles. The molecular weight excluding hydrogens is 336 g/mol. The molecule has 0 bridgehead atoms. The Bertz CT molecular complexity index is 951. The second kappa shape index (κ2) is 7.56. The lowest BCUT2D eigenvalue weighted by Gasteiger charge is -2.11. The molecule has 0 aliphatic rings. The number of rotatable bonds is 5. The van der Waals surface area contributed by atoms with Gasteiger partial charge in [0.05, 0.1) is 19.2 Å². The minimum Gasteiger partial charge on any atom is -0.493 e. The number of methoxy groups -OCH3 is 1. The highest BCUT2D eigenvalue weighted by Gasteiger charge is 2.16. The maximum absolute atomic E-state index is 12.3. The summed E-state index contributed by atoms with van der Waals surface area (Å²) in [6.45, 7) is 2.34. The second-order valence-electron chi connectivity index (χ2n) is 5.32. The van der Waals surface area contributed by atoms with Gasteiger partial charge in [0, 0.05) is 10.9 Å². The highest BCUT2D eigenvalue weighted by molar-refractivity contribution is 6.05. The number of para-hydroxylation sites is 1. The number of carbonyl (C=O) groups is 2. The summed E-state index contributed by atoms with van der Waals surface area (Å²) >= 11 is 0. The minimum absolute atomic E-state index is 0.199. The molecule has 0 saturated carbocycles. The van der Waals surface area contributed by atoms with E-state index in [-0.39, 0.29) is 5.69 Å². The predicted octanol–water partition coefficient (Wildman–Crippen LogP) is 2.04. The first-order chi connectivity index (χ1) is 12.6. The van der Waals surface area contributed by atoms with Crippen molar-refractivity contribution < 1.29 is 19.1 Å². The van der Waals surface area contributed by atoms with Crippen molar-refractivity contribution in [1.82, 2.24) is 21.0 Å². The van der Waals surface area contributed by atoms with E-state index >= 15 is 0 Å². The van der Waals surface area contributed by atoms with E-state index < -0.39 is 11.8 Å². The van der Waals surface area contributed by atoms with Crippen molar-refractivity contribution in [2.75, 3.05) is 13.7 Å². The molecule has 0 unspecified atom stereocenters. The van der Waals surface area contributed by atoms with Gasteiger partial charge in [-0.1, -0.05) is 18.2 Å². The molecule has 3 rings (SSSR count). The van der Waals surface area contributed by atoms with Crippen molar-refractivity contribution in [3.05, 3.63) is 53.7 Å². The van der Waals surface area contributed by atoms with Gasteiger partial charge in [0.15, 0.2) is 17.2 Å². The summed E-state index contributed by atoms with van der Waals surface area (Å²) in [6.07, 6.45) is 0. The molecule has 0 atom stereocenters. The normalized spacial score (nSPS) is 10.4. The fraction of sp³-hybridized carbons (Fsp3) is 0.167. The Balaban J connectivity index is 1.69. The van der Waals surface area contributed by atoms with E-state index in [2.05, 4.69) is 21.0 Å². The number of nitrogens with one attached hydrogen (secondary N) is 3. The van der Waals surface area contributed by atoms with Gasteiger partial charge in [0.25, 0.3) is 11.8 Å². The number of benzene rings is 2. The molecule has 0 spiro atoms. The molecule has 0 aliphatic heterocycles. The molecule has 0 saturated heterocycles. The maximum Gasteiger partial charge on any atom is 0.290 e. The number of fused-ring (bicyclic) bond motifs is 1. The summed E-state index contributed by atoms with van der Waals surface area (Å²) in [5.74, 6) is -0.0315. The Labute approximate surface area is 149 Å². The highest BCUT2D eigenvalue weighted by Crippen LogP contribution is 2.27. The number of H-pyrrole nitrogens is 1.